The molecule has 3 nitrogen and oxygen atoms in total. The van der Waals surface area contributed by atoms with Crippen molar-refractivity contribution < 1.29 is 9.18 Å². The number of anilines is 1. The minimum absolute atomic E-state index is 0.0204. The standard InChI is InChI=1S/C15H10BrFN2OS/c1-8-5-6-11-12(7-8)21-15(18-11)19-14(20)13-9(16)3-2-4-10(13)17/h2-7H,1H3,(H,18,19,20). The zero-order chi connectivity index (χ0) is 15.0. The highest BCUT2D eigenvalue weighted by Crippen LogP contribution is 2.28. The second-order valence-electron chi connectivity index (χ2n) is 4.54. The van der Waals surface area contributed by atoms with Gasteiger partial charge in [0.05, 0.1) is 15.8 Å². The summed E-state index contributed by atoms with van der Waals surface area (Å²) in [6.45, 7) is 1.99. The Hall–Kier alpha value is -1.79. The van der Waals surface area contributed by atoms with Crippen molar-refractivity contribution in [2.75, 3.05) is 5.32 Å². The molecule has 6 heteroatoms. The molecule has 21 heavy (non-hydrogen) atoms. The number of carbonyl (C=O) groups is 1. The van der Waals surface area contributed by atoms with E-state index in [4.69, 9.17) is 0 Å². The van der Waals surface area contributed by atoms with Gasteiger partial charge in [-0.15, -0.1) is 0 Å². The number of thiazole rings is 1. The lowest BCUT2D eigenvalue weighted by molar-refractivity contribution is 0.102. The zero-order valence-electron chi connectivity index (χ0n) is 11.0. The normalized spacial score (nSPS) is 10.8. The minimum atomic E-state index is -0.571. The Kier molecular flexibility index (Phi) is 3.73. The van der Waals surface area contributed by atoms with Gasteiger partial charge in [0, 0.05) is 4.47 Å². The second-order valence-corrected chi connectivity index (χ2v) is 6.43. The summed E-state index contributed by atoms with van der Waals surface area (Å²) in [6.07, 6.45) is 0. The van der Waals surface area contributed by atoms with Gasteiger partial charge in [-0.05, 0) is 52.7 Å². The highest BCUT2D eigenvalue weighted by atomic mass is 79.9. The number of amides is 1. The molecule has 2 aromatic carbocycles. The van der Waals surface area contributed by atoms with Gasteiger partial charge in [-0.2, -0.15) is 0 Å². The van der Waals surface area contributed by atoms with Crippen LogP contribution in [0.2, 0.25) is 0 Å². The van der Waals surface area contributed by atoms with Crippen molar-refractivity contribution in [1.82, 2.24) is 4.98 Å². The predicted molar refractivity (Wildman–Crippen MR) is 86.4 cm³/mol. The Bertz CT molecular complexity index is 827. The van der Waals surface area contributed by atoms with Gasteiger partial charge in [-0.3, -0.25) is 10.1 Å². The topological polar surface area (TPSA) is 42.0 Å². The van der Waals surface area contributed by atoms with Crippen molar-refractivity contribution in [1.29, 1.82) is 0 Å². The van der Waals surface area contributed by atoms with Gasteiger partial charge in [-0.25, -0.2) is 9.37 Å². The summed E-state index contributed by atoms with van der Waals surface area (Å²) in [4.78, 5) is 16.5. The van der Waals surface area contributed by atoms with Gasteiger partial charge < -0.3 is 0 Å². The van der Waals surface area contributed by atoms with Crippen LogP contribution in [0.3, 0.4) is 0 Å². The van der Waals surface area contributed by atoms with Gasteiger partial charge in [0.1, 0.15) is 5.82 Å². The van der Waals surface area contributed by atoms with E-state index in [1.54, 1.807) is 6.07 Å². The average molecular weight is 365 g/mol. The molecular weight excluding hydrogens is 355 g/mol. The smallest absolute Gasteiger partial charge is 0.261 e. The molecule has 1 amide bonds. The van der Waals surface area contributed by atoms with E-state index in [0.29, 0.717) is 9.60 Å². The molecule has 3 rings (SSSR count). The maximum atomic E-state index is 13.8. The highest BCUT2D eigenvalue weighted by Gasteiger charge is 2.17. The Morgan fingerprint density at radius 3 is 2.90 bits per heavy atom. The number of halogens is 2. The lowest BCUT2D eigenvalue weighted by Crippen LogP contribution is -2.14. The number of benzene rings is 2. The van der Waals surface area contributed by atoms with E-state index in [2.05, 4.69) is 26.2 Å². The van der Waals surface area contributed by atoms with Crippen molar-refractivity contribution in [2.24, 2.45) is 0 Å². The Morgan fingerprint density at radius 1 is 1.33 bits per heavy atom. The highest BCUT2D eigenvalue weighted by molar-refractivity contribution is 9.10. The summed E-state index contributed by atoms with van der Waals surface area (Å²) in [7, 11) is 0. The van der Waals surface area contributed by atoms with Crippen LogP contribution in [0.5, 0.6) is 0 Å². The maximum Gasteiger partial charge on any atom is 0.261 e. The quantitative estimate of drug-likeness (QED) is 0.712. The third-order valence-electron chi connectivity index (χ3n) is 2.95. The third-order valence-corrected chi connectivity index (χ3v) is 4.55. The number of carbonyl (C=O) groups excluding carboxylic acids is 1. The number of aryl methyl sites for hydroxylation is 1. The van der Waals surface area contributed by atoms with Crippen LogP contribution in [0.4, 0.5) is 9.52 Å². The summed E-state index contributed by atoms with van der Waals surface area (Å²) in [5.74, 6) is -1.09. The van der Waals surface area contributed by atoms with Crippen molar-refractivity contribution in [3.8, 4) is 0 Å². The van der Waals surface area contributed by atoms with E-state index < -0.39 is 11.7 Å². The molecule has 0 unspecified atom stereocenters. The van der Waals surface area contributed by atoms with E-state index in [-0.39, 0.29) is 5.56 Å². The lowest BCUT2D eigenvalue weighted by atomic mass is 10.2. The summed E-state index contributed by atoms with van der Waals surface area (Å²) in [6, 6.07) is 10.3. The fourth-order valence-corrected chi connectivity index (χ4v) is 3.44. The molecular formula is C15H10BrFN2OS. The van der Waals surface area contributed by atoms with E-state index in [0.717, 1.165) is 15.8 Å². The fourth-order valence-electron chi connectivity index (χ4n) is 1.96. The summed E-state index contributed by atoms with van der Waals surface area (Å²) < 4.78 is 15.2. The van der Waals surface area contributed by atoms with Crippen molar-refractivity contribution in [2.45, 2.75) is 6.92 Å². The zero-order valence-corrected chi connectivity index (χ0v) is 13.4. The predicted octanol–water partition coefficient (Wildman–Crippen LogP) is 4.76. The van der Waals surface area contributed by atoms with E-state index in [1.807, 2.05) is 25.1 Å². The van der Waals surface area contributed by atoms with Crippen molar-refractivity contribution >= 4 is 48.5 Å². The van der Waals surface area contributed by atoms with Crippen LogP contribution >= 0.6 is 27.3 Å². The largest absolute Gasteiger partial charge is 0.298 e. The first-order valence-corrected chi connectivity index (χ1v) is 7.78. The van der Waals surface area contributed by atoms with Gasteiger partial charge in [-0.1, -0.05) is 23.5 Å². The Labute approximate surface area is 133 Å². The molecule has 1 aromatic heterocycles. The SMILES string of the molecule is Cc1ccc2nc(NC(=O)c3c(F)cccc3Br)sc2c1. The van der Waals surface area contributed by atoms with Gasteiger partial charge in [0.15, 0.2) is 5.13 Å². The van der Waals surface area contributed by atoms with Crippen molar-refractivity contribution in [3.05, 3.63) is 57.8 Å². The number of nitrogens with zero attached hydrogens (tertiary/aromatic N) is 1. The molecule has 0 saturated carbocycles. The van der Waals surface area contributed by atoms with E-state index in [9.17, 15) is 9.18 Å². The lowest BCUT2D eigenvalue weighted by Gasteiger charge is -2.05. The van der Waals surface area contributed by atoms with E-state index >= 15 is 0 Å². The summed E-state index contributed by atoms with van der Waals surface area (Å²) >= 11 is 4.55. The van der Waals surface area contributed by atoms with Crippen LogP contribution in [-0.2, 0) is 0 Å². The molecule has 0 bridgehead atoms. The van der Waals surface area contributed by atoms with Gasteiger partial charge >= 0.3 is 0 Å². The molecule has 0 spiro atoms. The molecule has 3 aromatic rings. The average Bonchev–Trinajstić information content (AvgIpc) is 2.79. The van der Waals surface area contributed by atoms with Crippen LogP contribution in [-0.4, -0.2) is 10.9 Å². The number of aromatic nitrogens is 1. The first-order valence-electron chi connectivity index (χ1n) is 6.17. The molecule has 0 aliphatic rings. The van der Waals surface area contributed by atoms with Crippen LogP contribution < -0.4 is 5.32 Å². The van der Waals surface area contributed by atoms with Crippen LogP contribution in [0.15, 0.2) is 40.9 Å². The fraction of sp³-hybridized carbons (Fsp3) is 0.0667. The minimum Gasteiger partial charge on any atom is -0.298 e. The van der Waals surface area contributed by atoms with Gasteiger partial charge in [0.25, 0.3) is 5.91 Å². The second kappa shape index (κ2) is 5.54. The molecule has 0 fully saturated rings. The number of nitrogens with one attached hydrogen (secondary N) is 1. The monoisotopic (exact) mass is 364 g/mol. The number of hydrogen-bond donors (Lipinski definition) is 1. The van der Waals surface area contributed by atoms with Crippen LogP contribution in [0.25, 0.3) is 10.2 Å². The Balaban J connectivity index is 1.93. The third kappa shape index (κ3) is 2.82. The maximum absolute atomic E-state index is 13.8. The molecule has 0 radical (unpaired) electrons. The molecule has 1 heterocycles. The van der Waals surface area contributed by atoms with Crippen molar-refractivity contribution in [3.63, 3.8) is 0 Å². The molecule has 0 atom stereocenters. The molecule has 1 N–H and O–H groups in total. The molecule has 0 saturated heterocycles. The van der Waals surface area contributed by atoms with E-state index in [1.165, 1.54) is 23.5 Å². The molecule has 0 aliphatic carbocycles. The number of rotatable bonds is 2. The molecule has 0 aliphatic heterocycles. The van der Waals surface area contributed by atoms with Gasteiger partial charge in [0.2, 0.25) is 0 Å². The van der Waals surface area contributed by atoms with Crippen LogP contribution in [0.1, 0.15) is 15.9 Å². The number of hydrogen-bond acceptors (Lipinski definition) is 3. The Morgan fingerprint density at radius 2 is 2.14 bits per heavy atom. The summed E-state index contributed by atoms with van der Waals surface area (Å²) in [5, 5.41) is 3.10. The summed E-state index contributed by atoms with van der Waals surface area (Å²) in [5.41, 5.74) is 1.92. The first-order chi connectivity index (χ1) is 10.0. The number of fused-ring (bicyclic) bond motifs is 1. The molecule has 106 valence electrons. The van der Waals surface area contributed by atoms with Crippen LogP contribution in [0, 0.1) is 12.7 Å². The first kappa shape index (κ1) is 14.2.